The molecule has 4 heteroatoms. The molecule has 2 aliphatic rings. The van der Waals surface area contributed by atoms with Gasteiger partial charge in [0.2, 0.25) is 0 Å². The van der Waals surface area contributed by atoms with Crippen LogP contribution in [0.5, 0.6) is 0 Å². The van der Waals surface area contributed by atoms with Crippen molar-refractivity contribution in [1.82, 2.24) is 15.1 Å². The number of likely N-dealkylation sites (N-methyl/N-ethyl adjacent to an activating group) is 1. The molecule has 4 nitrogen and oxygen atoms in total. The van der Waals surface area contributed by atoms with Gasteiger partial charge in [0.15, 0.2) is 0 Å². The summed E-state index contributed by atoms with van der Waals surface area (Å²) in [6, 6.07) is 0.787. The van der Waals surface area contributed by atoms with E-state index in [9.17, 15) is 0 Å². The van der Waals surface area contributed by atoms with Crippen LogP contribution in [0.3, 0.4) is 0 Å². The predicted molar refractivity (Wildman–Crippen MR) is 84.2 cm³/mol. The summed E-state index contributed by atoms with van der Waals surface area (Å²) in [5, 5.41) is 3.38. The third kappa shape index (κ3) is 4.99. The van der Waals surface area contributed by atoms with Crippen molar-refractivity contribution < 1.29 is 4.74 Å². The number of hydrogen-bond acceptors (Lipinski definition) is 4. The van der Waals surface area contributed by atoms with Crippen LogP contribution in [0.15, 0.2) is 0 Å². The van der Waals surface area contributed by atoms with Crippen molar-refractivity contribution in [2.45, 2.75) is 51.7 Å². The lowest BCUT2D eigenvalue weighted by Crippen LogP contribution is -2.37. The molecular weight excluding hydrogens is 250 g/mol. The number of ether oxygens (including phenoxy) is 1. The summed E-state index contributed by atoms with van der Waals surface area (Å²) in [6.07, 6.45) is 5.42. The molecule has 0 aliphatic carbocycles. The Morgan fingerprint density at radius 2 is 1.90 bits per heavy atom. The first-order valence-electron chi connectivity index (χ1n) is 8.62. The average Bonchev–Trinajstić information content (AvgIpc) is 2.95. The molecule has 2 fully saturated rings. The molecule has 0 aromatic rings. The normalized spacial score (nSPS) is 25.6. The molecule has 2 rings (SSSR count). The minimum Gasteiger partial charge on any atom is -0.378 e. The summed E-state index contributed by atoms with van der Waals surface area (Å²) in [6.45, 7) is 13.9. The molecule has 2 heterocycles. The molecule has 0 spiro atoms. The van der Waals surface area contributed by atoms with E-state index >= 15 is 0 Å². The van der Waals surface area contributed by atoms with E-state index in [1.807, 2.05) is 0 Å². The highest BCUT2D eigenvalue weighted by molar-refractivity contribution is 4.82. The third-order valence-corrected chi connectivity index (χ3v) is 4.83. The van der Waals surface area contributed by atoms with Gasteiger partial charge in [-0.3, -0.25) is 4.90 Å². The van der Waals surface area contributed by atoms with Crippen LogP contribution in [0.25, 0.3) is 0 Å². The van der Waals surface area contributed by atoms with Crippen molar-refractivity contribution >= 4 is 0 Å². The van der Waals surface area contributed by atoms with Crippen LogP contribution in [0.4, 0.5) is 0 Å². The fourth-order valence-corrected chi connectivity index (χ4v) is 3.55. The van der Waals surface area contributed by atoms with Crippen LogP contribution < -0.4 is 5.32 Å². The van der Waals surface area contributed by atoms with Crippen LogP contribution >= 0.6 is 0 Å². The maximum Gasteiger partial charge on any atom is 0.0599 e. The summed E-state index contributed by atoms with van der Waals surface area (Å²) in [5.41, 5.74) is 0. The first-order chi connectivity index (χ1) is 9.83. The molecule has 118 valence electrons. The predicted octanol–water partition coefficient (Wildman–Crippen LogP) is 1.56. The molecule has 0 radical (unpaired) electrons. The average molecular weight is 283 g/mol. The van der Waals surface area contributed by atoms with E-state index in [-0.39, 0.29) is 0 Å². The number of likely N-dealkylation sites (tertiary alicyclic amines) is 1. The van der Waals surface area contributed by atoms with Gasteiger partial charge in [0.05, 0.1) is 6.10 Å². The van der Waals surface area contributed by atoms with E-state index in [1.165, 1.54) is 58.4 Å². The zero-order chi connectivity index (χ0) is 14.2. The van der Waals surface area contributed by atoms with Crippen molar-refractivity contribution in [3.05, 3.63) is 0 Å². The minimum atomic E-state index is 0.512. The summed E-state index contributed by atoms with van der Waals surface area (Å²) >= 11 is 0. The lowest BCUT2D eigenvalue weighted by molar-refractivity contribution is 0.0283. The zero-order valence-electron chi connectivity index (χ0n) is 13.4. The number of nitrogens with zero attached hydrogens (tertiary/aromatic N) is 2. The van der Waals surface area contributed by atoms with Gasteiger partial charge in [0, 0.05) is 25.7 Å². The monoisotopic (exact) mass is 283 g/mol. The van der Waals surface area contributed by atoms with Crippen LogP contribution in [0.2, 0.25) is 0 Å². The number of nitrogens with one attached hydrogen (secondary N) is 1. The Morgan fingerprint density at radius 1 is 1.15 bits per heavy atom. The fourth-order valence-electron chi connectivity index (χ4n) is 3.55. The Kier molecular flexibility index (Phi) is 7.28. The Hall–Kier alpha value is -0.160. The van der Waals surface area contributed by atoms with Gasteiger partial charge in [-0.2, -0.15) is 0 Å². The molecule has 2 aliphatic heterocycles. The second kappa shape index (κ2) is 8.98. The van der Waals surface area contributed by atoms with E-state index in [2.05, 4.69) is 29.0 Å². The Labute approximate surface area is 124 Å². The van der Waals surface area contributed by atoms with E-state index < -0.39 is 0 Å². The molecule has 20 heavy (non-hydrogen) atoms. The molecule has 0 amide bonds. The Bertz CT molecular complexity index is 252. The molecule has 1 unspecified atom stereocenters. The summed E-state index contributed by atoms with van der Waals surface area (Å²) in [5.74, 6) is 0. The minimum absolute atomic E-state index is 0.512. The fraction of sp³-hybridized carbons (Fsp3) is 1.00. The van der Waals surface area contributed by atoms with Gasteiger partial charge in [-0.25, -0.2) is 0 Å². The lowest BCUT2D eigenvalue weighted by Gasteiger charge is -2.26. The van der Waals surface area contributed by atoms with Crippen molar-refractivity contribution in [3.63, 3.8) is 0 Å². The lowest BCUT2D eigenvalue weighted by atomic mass is 10.1. The van der Waals surface area contributed by atoms with E-state index in [0.29, 0.717) is 6.10 Å². The zero-order valence-corrected chi connectivity index (χ0v) is 13.4. The third-order valence-electron chi connectivity index (χ3n) is 4.83. The van der Waals surface area contributed by atoms with Crippen molar-refractivity contribution in [1.29, 1.82) is 0 Å². The number of hydrogen-bond donors (Lipinski definition) is 1. The second-order valence-corrected chi connectivity index (χ2v) is 6.14. The number of rotatable bonds is 8. The summed E-state index contributed by atoms with van der Waals surface area (Å²) in [4.78, 5) is 5.22. The highest BCUT2D eigenvalue weighted by Gasteiger charge is 2.25. The molecule has 1 atom stereocenters. The van der Waals surface area contributed by atoms with Gasteiger partial charge in [0.25, 0.3) is 0 Å². The van der Waals surface area contributed by atoms with Gasteiger partial charge in [-0.1, -0.05) is 13.8 Å². The highest BCUT2D eigenvalue weighted by atomic mass is 16.5. The Morgan fingerprint density at radius 3 is 2.60 bits per heavy atom. The summed E-state index contributed by atoms with van der Waals surface area (Å²) < 4.78 is 5.98. The van der Waals surface area contributed by atoms with E-state index in [0.717, 1.165) is 25.7 Å². The molecular formula is C16H33N3O. The maximum atomic E-state index is 5.98. The van der Waals surface area contributed by atoms with Crippen LogP contribution in [-0.2, 0) is 4.74 Å². The smallest absolute Gasteiger partial charge is 0.0599 e. The van der Waals surface area contributed by atoms with Gasteiger partial charge in [-0.15, -0.1) is 0 Å². The first kappa shape index (κ1) is 16.2. The van der Waals surface area contributed by atoms with Crippen molar-refractivity contribution in [2.75, 3.05) is 52.4 Å². The Balaban J connectivity index is 1.54. The second-order valence-electron chi connectivity index (χ2n) is 6.14. The highest BCUT2D eigenvalue weighted by Crippen LogP contribution is 2.15. The molecule has 0 bridgehead atoms. The van der Waals surface area contributed by atoms with E-state index in [1.54, 1.807) is 0 Å². The van der Waals surface area contributed by atoms with Gasteiger partial charge in [-0.05, 0) is 58.4 Å². The van der Waals surface area contributed by atoms with Crippen LogP contribution in [-0.4, -0.2) is 74.4 Å². The standard InChI is InChI=1S/C16H33N3O/c1-3-19(4-2)15-8-12-18(14-15)11-5-13-20-16-6-9-17-10-7-16/h15-17H,3-14H2,1-2H3. The SMILES string of the molecule is CCN(CC)C1CCN(CCCOC2CCNCC2)C1. The van der Waals surface area contributed by atoms with Gasteiger partial charge in [0.1, 0.15) is 0 Å². The molecule has 0 saturated carbocycles. The molecule has 0 aromatic carbocycles. The number of piperidine rings is 1. The quantitative estimate of drug-likeness (QED) is 0.684. The van der Waals surface area contributed by atoms with Crippen molar-refractivity contribution in [2.24, 2.45) is 0 Å². The molecule has 1 N–H and O–H groups in total. The van der Waals surface area contributed by atoms with Gasteiger partial charge < -0.3 is 15.0 Å². The van der Waals surface area contributed by atoms with Crippen molar-refractivity contribution in [3.8, 4) is 0 Å². The molecule has 2 saturated heterocycles. The molecule has 0 aromatic heterocycles. The van der Waals surface area contributed by atoms with Crippen LogP contribution in [0, 0.1) is 0 Å². The van der Waals surface area contributed by atoms with E-state index in [4.69, 9.17) is 4.74 Å². The summed E-state index contributed by atoms with van der Waals surface area (Å²) in [7, 11) is 0. The van der Waals surface area contributed by atoms with Gasteiger partial charge >= 0.3 is 0 Å². The van der Waals surface area contributed by atoms with Crippen LogP contribution in [0.1, 0.15) is 39.5 Å². The maximum absolute atomic E-state index is 5.98. The topological polar surface area (TPSA) is 27.7 Å². The largest absolute Gasteiger partial charge is 0.378 e. The first-order valence-corrected chi connectivity index (χ1v) is 8.62.